The van der Waals surface area contributed by atoms with E-state index in [1.54, 1.807) is 32.4 Å². The van der Waals surface area contributed by atoms with Crippen LogP contribution in [0.15, 0.2) is 54.1 Å². The minimum atomic E-state index is -0.817. The first-order valence-electron chi connectivity index (χ1n) is 20.8. The van der Waals surface area contributed by atoms with Crippen molar-refractivity contribution in [2.24, 2.45) is 23.5 Å². The highest BCUT2D eigenvalue weighted by atomic mass is 32.1. The summed E-state index contributed by atoms with van der Waals surface area (Å²) in [4.78, 5) is 66.3. The van der Waals surface area contributed by atoms with E-state index >= 15 is 0 Å². The highest BCUT2D eigenvalue weighted by molar-refractivity contribution is 7.09. The molecule has 0 spiro atoms. The third-order valence-electron chi connectivity index (χ3n) is 11.5. The van der Waals surface area contributed by atoms with Crippen LogP contribution in [0.4, 0.5) is 0 Å². The van der Waals surface area contributed by atoms with Crippen molar-refractivity contribution in [3.63, 3.8) is 0 Å². The second-order valence-corrected chi connectivity index (χ2v) is 17.3. The van der Waals surface area contributed by atoms with Crippen LogP contribution < -0.4 is 16.4 Å². The maximum Gasteiger partial charge on any atom is 0.245 e. The second kappa shape index (κ2) is 23.8. The summed E-state index contributed by atoms with van der Waals surface area (Å²) >= 11 is 1.50. The first kappa shape index (κ1) is 48.7. The van der Waals surface area contributed by atoms with Crippen LogP contribution in [0.2, 0.25) is 0 Å². The zero-order valence-corrected chi connectivity index (χ0v) is 37.4. The lowest BCUT2D eigenvalue weighted by molar-refractivity contribution is -0.145. The summed E-state index contributed by atoms with van der Waals surface area (Å²) in [7, 11) is 6.72. The van der Waals surface area contributed by atoms with E-state index < -0.39 is 36.3 Å². The van der Waals surface area contributed by atoms with Gasteiger partial charge in [-0.05, 0) is 69.6 Å². The van der Waals surface area contributed by atoms with Crippen molar-refractivity contribution in [1.82, 2.24) is 30.3 Å². The van der Waals surface area contributed by atoms with Gasteiger partial charge in [0, 0.05) is 39.4 Å². The predicted molar refractivity (Wildman–Crippen MR) is 231 cm³/mol. The van der Waals surface area contributed by atoms with E-state index in [0.29, 0.717) is 38.9 Å². The highest BCUT2D eigenvalue weighted by Crippen LogP contribution is 2.30. The zero-order valence-electron chi connectivity index (χ0n) is 36.6. The van der Waals surface area contributed by atoms with E-state index in [1.165, 1.54) is 11.3 Å². The smallest absolute Gasteiger partial charge is 0.245 e. The zero-order chi connectivity index (χ0) is 43.1. The third kappa shape index (κ3) is 12.9. The molecule has 0 bridgehead atoms. The minimum absolute atomic E-state index is 0.00416. The molecular formula is C44H71N7O6S. The van der Waals surface area contributed by atoms with Gasteiger partial charge in [-0.2, -0.15) is 0 Å². The van der Waals surface area contributed by atoms with Gasteiger partial charge in [0.2, 0.25) is 23.6 Å². The molecule has 8 atom stereocenters. The van der Waals surface area contributed by atoms with Gasteiger partial charge < -0.3 is 35.6 Å². The Labute approximate surface area is 351 Å². The Bertz CT molecular complexity index is 1590. The van der Waals surface area contributed by atoms with Crippen molar-refractivity contribution in [2.45, 2.75) is 122 Å². The molecule has 14 heteroatoms. The number of likely N-dealkylation sites (N-methyl/N-ethyl adjacent to an activating group) is 2. The summed E-state index contributed by atoms with van der Waals surface area (Å²) < 4.78 is 12.1. The van der Waals surface area contributed by atoms with Gasteiger partial charge in [0.05, 0.1) is 48.7 Å². The molecule has 0 saturated carbocycles. The van der Waals surface area contributed by atoms with E-state index in [1.807, 2.05) is 94.1 Å². The first-order chi connectivity index (χ1) is 27.6. The molecule has 1 aromatic heterocycles. The van der Waals surface area contributed by atoms with E-state index in [2.05, 4.69) is 22.2 Å². The molecule has 0 radical (unpaired) electrons. The number of nitrogens with two attached hydrogens (primary N) is 1. The number of nitrogens with zero attached hydrogens (tertiary/aromatic N) is 4. The fourth-order valence-corrected chi connectivity index (χ4v) is 8.95. The number of aromatic nitrogens is 1. The van der Waals surface area contributed by atoms with Gasteiger partial charge in [-0.1, -0.05) is 84.0 Å². The fraction of sp³-hybridized carbons (Fsp3) is 0.659. The lowest BCUT2D eigenvalue weighted by Gasteiger charge is -2.39. The van der Waals surface area contributed by atoms with Gasteiger partial charge in [-0.25, -0.2) is 4.98 Å². The molecule has 2 aromatic rings. The van der Waals surface area contributed by atoms with Crippen LogP contribution in [0.25, 0.3) is 0 Å². The summed E-state index contributed by atoms with van der Waals surface area (Å²) in [6.45, 7) is 17.6. The number of hydrogen-bond acceptors (Lipinski definition) is 10. The summed E-state index contributed by atoms with van der Waals surface area (Å²) in [6.07, 6.45) is 3.77. The molecule has 1 aliphatic rings. The van der Waals surface area contributed by atoms with E-state index in [4.69, 9.17) is 15.2 Å². The maximum atomic E-state index is 14.4. The van der Waals surface area contributed by atoms with Crippen LogP contribution in [-0.2, 0) is 35.1 Å². The number of likely N-dealkylation sites (tertiary alicyclic amines) is 1. The van der Waals surface area contributed by atoms with Crippen LogP contribution in [0.3, 0.4) is 0 Å². The normalized spacial score (nSPS) is 18.0. The molecule has 0 unspecified atom stereocenters. The van der Waals surface area contributed by atoms with Crippen LogP contribution >= 0.6 is 11.3 Å². The van der Waals surface area contributed by atoms with Gasteiger partial charge >= 0.3 is 0 Å². The van der Waals surface area contributed by atoms with Gasteiger partial charge in [-0.15, -0.1) is 11.3 Å². The number of thiazole rings is 1. The molecular weight excluding hydrogens is 755 g/mol. The first-order valence-corrected chi connectivity index (χ1v) is 21.7. The quantitative estimate of drug-likeness (QED) is 0.126. The van der Waals surface area contributed by atoms with Crippen LogP contribution in [0, 0.1) is 17.8 Å². The van der Waals surface area contributed by atoms with E-state index in [-0.39, 0.29) is 54.0 Å². The number of nitrogens with one attached hydrogen (secondary N) is 2. The Kier molecular flexibility index (Phi) is 20.0. The average molecular weight is 826 g/mol. The van der Waals surface area contributed by atoms with Gasteiger partial charge in [-0.3, -0.25) is 24.1 Å². The number of carbonyl (C=O) groups is 4. The van der Waals surface area contributed by atoms with Crippen molar-refractivity contribution in [3.8, 4) is 0 Å². The Morgan fingerprint density at radius 2 is 1.69 bits per heavy atom. The highest BCUT2D eigenvalue weighted by Gasteiger charge is 2.43. The standard InChI is InChI=1S/C44H71N7O6S/c1-12-30(6)39(50(9)44(55)37(28(2)3)48-42(54)38(29(4)5)49(8)23-17-21-45)35(56-10)27-36(52)51-24-16-20-34(51)40(57-11)31(7)41(53)47-33(43-46-22-25-58-43)26-32-18-14-13-15-19-32/h13-15,18-19,22,25,28-29,31,33-35,37-40H,6,12,16-17,20-21,23-24,26-27,45H2,1-5,7-11H3,(H,47,53)(H,48,54)/t31-,33+,34+,35-,37+,38+,39+,40-/m1/s1. The maximum absolute atomic E-state index is 14.4. The summed E-state index contributed by atoms with van der Waals surface area (Å²) in [5.74, 6) is -1.62. The second-order valence-electron chi connectivity index (χ2n) is 16.3. The van der Waals surface area contributed by atoms with Crippen molar-refractivity contribution in [3.05, 3.63) is 64.6 Å². The largest absolute Gasteiger partial charge is 0.378 e. The predicted octanol–water partition coefficient (Wildman–Crippen LogP) is 4.83. The SMILES string of the molecule is C=C(CC)[C@@H]([C@@H](CC(=O)N1CCC[C@H]1[C@H](OC)[C@@H](C)C(=O)N[C@@H](Cc1ccccc1)c1nccs1)OC)N(C)C(=O)[C@@H](NC(=O)[C@H](C(C)C)N(C)CCCN)C(C)C. The molecule has 0 aliphatic carbocycles. The molecule has 3 rings (SSSR count). The summed E-state index contributed by atoms with van der Waals surface area (Å²) in [5.41, 5.74) is 7.56. The Balaban J connectivity index is 1.79. The number of amides is 4. The van der Waals surface area contributed by atoms with Crippen molar-refractivity contribution in [1.29, 1.82) is 0 Å². The van der Waals surface area contributed by atoms with Crippen LogP contribution in [-0.4, -0.2) is 128 Å². The summed E-state index contributed by atoms with van der Waals surface area (Å²) in [6, 6.07) is 7.43. The molecule has 4 N–H and O–H groups in total. The number of ether oxygens (including phenoxy) is 2. The van der Waals surface area contributed by atoms with Crippen molar-refractivity contribution >= 4 is 35.0 Å². The van der Waals surface area contributed by atoms with E-state index in [0.717, 1.165) is 29.0 Å². The minimum Gasteiger partial charge on any atom is -0.378 e. The lowest BCUT2D eigenvalue weighted by Crippen LogP contribution is -2.59. The fourth-order valence-electron chi connectivity index (χ4n) is 8.26. The average Bonchev–Trinajstić information content (AvgIpc) is 3.92. The van der Waals surface area contributed by atoms with Gasteiger partial charge in [0.25, 0.3) is 0 Å². The topological polar surface area (TPSA) is 159 Å². The van der Waals surface area contributed by atoms with Crippen molar-refractivity contribution < 1.29 is 28.7 Å². The molecule has 1 fully saturated rings. The number of rotatable bonds is 24. The molecule has 4 amide bonds. The number of carbonyl (C=O) groups excluding carboxylic acids is 4. The monoisotopic (exact) mass is 826 g/mol. The van der Waals surface area contributed by atoms with Crippen molar-refractivity contribution in [2.75, 3.05) is 47.9 Å². The molecule has 1 aliphatic heterocycles. The third-order valence-corrected chi connectivity index (χ3v) is 12.4. The lowest BCUT2D eigenvalue weighted by atomic mass is 9.92. The van der Waals surface area contributed by atoms with Gasteiger partial charge in [0.15, 0.2) is 0 Å². The summed E-state index contributed by atoms with van der Waals surface area (Å²) in [5, 5.41) is 9.02. The number of hydrogen-bond donors (Lipinski definition) is 3. The molecule has 324 valence electrons. The van der Waals surface area contributed by atoms with Crippen LogP contribution in [0.5, 0.6) is 0 Å². The van der Waals surface area contributed by atoms with Crippen LogP contribution in [0.1, 0.15) is 90.3 Å². The molecule has 13 nitrogen and oxygen atoms in total. The Morgan fingerprint density at radius 1 is 1.00 bits per heavy atom. The molecule has 1 aromatic carbocycles. The Morgan fingerprint density at radius 3 is 2.24 bits per heavy atom. The Hall–Kier alpha value is -3.69. The number of benzene rings is 1. The molecule has 58 heavy (non-hydrogen) atoms. The van der Waals surface area contributed by atoms with E-state index in [9.17, 15) is 19.2 Å². The molecule has 1 saturated heterocycles. The van der Waals surface area contributed by atoms with Gasteiger partial charge in [0.1, 0.15) is 11.0 Å². The number of methoxy groups -OCH3 is 2. The molecule has 2 heterocycles.